The van der Waals surface area contributed by atoms with E-state index in [1.807, 2.05) is 0 Å². The van der Waals surface area contributed by atoms with Crippen LogP contribution in [0.1, 0.15) is 45.4 Å². The van der Waals surface area contributed by atoms with Gasteiger partial charge in [-0.3, -0.25) is 24.0 Å². The van der Waals surface area contributed by atoms with Crippen LogP contribution >= 0.6 is 0 Å². The number of carbonyl (C=O) groups is 6. The monoisotopic (exact) mass is 473 g/mol. The third kappa shape index (κ3) is 8.65. The van der Waals surface area contributed by atoms with Crippen LogP contribution in [0.25, 0.3) is 0 Å². The molecule has 0 spiro atoms. The number of aliphatic hydroxyl groups is 1. The van der Waals surface area contributed by atoms with Crippen molar-refractivity contribution in [2.45, 2.75) is 75.7 Å². The van der Waals surface area contributed by atoms with E-state index in [4.69, 9.17) is 16.6 Å². The summed E-state index contributed by atoms with van der Waals surface area (Å²) >= 11 is 0. The number of nitrogens with one attached hydrogen (secondary N) is 2. The lowest BCUT2D eigenvalue weighted by molar-refractivity contribution is -0.149. The van der Waals surface area contributed by atoms with E-state index in [1.165, 1.54) is 6.92 Å². The van der Waals surface area contributed by atoms with Gasteiger partial charge in [-0.15, -0.1) is 0 Å². The van der Waals surface area contributed by atoms with Crippen LogP contribution < -0.4 is 22.1 Å². The summed E-state index contributed by atoms with van der Waals surface area (Å²) in [6, 6.07) is -5.22. The minimum atomic E-state index is -1.55. The number of carboxylic acid groups (broad SMARTS) is 2. The second-order valence-corrected chi connectivity index (χ2v) is 7.86. The molecule has 186 valence electrons. The van der Waals surface area contributed by atoms with Crippen LogP contribution in [-0.4, -0.2) is 92.6 Å². The number of carbonyl (C=O) groups excluding carboxylic acids is 4. The quantitative estimate of drug-likeness (QED) is 0.142. The van der Waals surface area contributed by atoms with E-state index in [-0.39, 0.29) is 38.6 Å². The predicted molar refractivity (Wildman–Crippen MR) is 111 cm³/mol. The first-order chi connectivity index (χ1) is 15.3. The van der Waals surface area contributed by atoms with Gasteiger partial charge in [0.05, 0.1) is 12.1 Å². The van der Waals surface area contributed by atoms with Crippen molar-refractivity contribution in [3.8, 4) is 0 Å². The summed E-state index contributed by atoms with van der Waals surface area (Å²) in [5.74, 6) is -5.71. The third-order valence-electron chi connectivity index (χ3n) is 5.18. The number of aliphatic carboxylic acids is 2. The maximum absolute atomic E-state index is 13.0. The van der Waals surface area contributed by atoms with Crippen molar-refractivity contribution in [1.82, 2.24) is 15.5 Å². The van der Waals surface area contributed by atoms with Gasteiger partial charge < -0.3 is 42.3 Å². The first-order valence-corrected chi connectivity index (χ1v) is 10.4. The maximum Gasteiger partial charge on any atom is 0.326 e. The average molecular weight is 473 g/mol. The van der Waals surface area contributed by atoms with Gasteiger partial charge in [0.1, 0.15) is 18.1 Å². The topological polar surface area (TPSA) is 242 Å². The number of nitrogens with two attached hydrogens (primary N) is 2. The molecule has 5 unspecified atom stereocenters. The molecule has 1 heterocycles. The van der Waals surface area contributed by atoms with Crippen LogP contribution in [0.15, 0.2) is 0 Å². The van der Waals surface area contributed by atoms with Gasteiger partial charge in [0.25, 0.3) is 0 Å². The fourth-order valence-electron chi connectivity index (χ4n) is 3.37. The molecule has 33 heavy (non-hydrogen) atoms. The Morgan fingerprint density at radius 3 is 2.18 bits per heavy atom. The standard InChI is InChI=1S/C19H31N5O9/c1-9(25)15(23-16(29)10(20)4-7-14(27)28)17(30)22-11(5-6-13(21)26)18(31)24-8-2-3-12(24)19(32)33/h9-12,15,25H,2-8,20H2,1H3,(H2,21,26)(H,22,30)(H,23,29)(H,27,28)(H,32,33). The minimum Gasteiger partial charge on any atom is -0.481 e. The Morgan fingerprint density at radius 1 is 1.03 bits per heavy atom. The van der Waals surface area contributed by atoms with E-state index in [9.17, 15) is 39.0 Å². The van der Waals surface area contributed by atoms with E-state index in [1.54, 1.807) is 0 Å². The van der Waals surface area contributed by atoms with E-state index in [0.29, 0.717) is 6.42 Å². The summed E-state index contributed by atoms with van der Waals surface area (Å²) in [6.07, 6.45) is -1.84. The zero-order valence-electron chi connectivity index (χ0n) is 18.2. The number of aliphatic hydroxyl groups excluding tert-OH is 1. The molecular formula is C19H31N5O9. The lowest BCUT2D eigenvalue weighted by atomic mass is 10.1. The molecule has 1 aliphatic rings. The van der Waals surface area contributed by atoms with Crippen LogP contribution in [0, 0.1) is 0 Å². The summed E-state index contributed by atoms with van der Waals surface area (Å²) in [5.41, 5.74) is 10.7. The van der Waals surface area contributed by atoms with Crippen molar-refractivity contribution < 1.29 is 44.1 Å². The number of carboxylic acids is 2. The summed E-state index contributed by atoms with van der Waals surface area (Å²) in [6.45, 7) is 1.35. The zero-order valence-corrected chi connectivity index (χ0v) is 18.2. The van der Waals surface area contributed by atoms with Crippen molar-refractivity contribution >= 4 is 35.6 Å². The van der Waals surface area contributed by atoms with E-state index < -0.39 is 65.8 Å². The number of hydrogen-bond donors (Lipinski definition) is 7. The molecule has 4 amide bonds. The van der Waals surface area contributed by atoms with Gasteiger partial charge in [0.15, 0.2) is 0 Å². The number of rotatable bonds is 13. The third-order valence-corrected chi connectivity index (χ3v) is 5.18. The van der Waals surface area contributed by atoms with Gasteiger partial charge in [-0.1, -0.05) is 0 Å². The van der Waals surface area contributed by atoms with Crippen LogP contribution in [0.3, 0.4) is 0 Å². The van der Waals surface area contributed by atoms with Crippen molar-refractivity contribution in [2.24, 2.45) is 11.5 Å². The number of nitrogens with zero attached hydrogens (tertiary/aromatic N) is 1. The van der Waals surface area contributed by atoms with Gasteiger partial charge in [-0.05, 0) is 32.6 Å². The molecule has 1 aliphatic heterocycles. The predicted octanol–water partition coefficient (Wildman–Crippen LogP) is -3.13. The van der Waals surface area contributed by atoms with E-state index in [0.717, 1.165) is 4.90 Å². The number of amides is 4. The summed E-state index contributed by atoms with van der Waals surface area (Å²) in [5, 5.41) is 32.5. The van der Waals surface area contributed by atoms with Crippen molar-refractivity contribution in [3.05, 3.63) is 0 Å². The van der Waals surface area contributed by atoms with Crippen LogP contribution in [0.4, 0.5) is 0 Å². The molecule has 1 fully saturated rings. The number of primary amides is 1. The largest absolute Gasteiger partial charge is 0.481 e. The summed E-state index contributed by atoms with van der Waals surface area (Å²) in [7, 11) is 0. The highest BCUT2D eigenvalue weighted by Gasteiger charge is 2.39. The second-order valence-electron chi connectivity index (χ2n) is 7.86. The molecule has 14 heteroatoms. The highest BCUT2D eigenvalue weighted by Crippen LogP contribution is 2.19. The Kier molecular flexibility index (Phi) is 10.7. The van der Waals surface area contributed by atoms with Gasteiger partial charge in [0.2, 0.25) is 23.6 Å². The van der Waals surface area contributed by atoms with E-state index in [2.05, 4.69) is 10.6 Å². The number of hydrogen-bond acceptors (Lipinski definition) is 8. The maximum atomic E-state index is 13.0. The fourth-order valence-corrected chi connectivity index (χ4v) is 3.37. The second kappa shape index (κ2) is 12.7. The van der Waals surface area contributed by atoms with Crippen LogP contribution in [0.2, 0.25) is 0 Å². The van der Waals surface area contributed by atoms with Crippen molar-refractivity contribution in [1.29, 1.82) is 0 Å². The molecule has 14 nitrogen and oxygen atoms in total. The normalized spacial score (nSPS) is 19.1. The molecule has 0 bridgehead atoms. The highest BCUT2D eigenvalue weighted by molar-refractivity contribution is 5.94. The Morgan fingerprint density at radius 2 is 1.67 bits per heavy atom. The van der Waals surface area contributed by atoms with Gasteiger partial charge in [-0.2, -0.15) is 0 Å². The first kappa shape index (κ1) is 27.8. The Labute approximate surface area is 189 Å². The highest BCUT2D eigenvalue weighted by atomic mass is 16.4. The van der Waals surface area contributed by atoms with Gasteiger partial charge >= 0.3 is 11.9 Å². The molecule has 0 radical (unpaired) electrons. The van der Waals surface area contributed by atoms with Crippen molar-refractivity contribution in [2.75, 3.05) is 6.54 Å². The Bertz CT molecular complexity index is 773. The zero-order chi connectivity index (χ0) is 25.3. The first-order valence-electron chi connectivity index (χ1n) is 10.4. The van der Waals surface area contributed by atoms with Crippen molar-refractivity contribution in [3.63, 3.8) is 0 Å². The molecule has 1 rings (SSSR count). The molecule has 0 aromatic carbocycles. The Hall–Kier alpha value is -3.26. The molecule has 5 atom stereocenters. The molecular weight excluding hydrogens is 442 g/mol. The fraction of sp³-hybridized carbons (Fsp3) is 0.684. The minimum absolute atomic E-state index is 0.147. The lowest BCUT2D eigenvalue weighted by Gasteiger charge is -2.29. The molecule has 0 saturated carbocycles. The Balaban J connectivity index is 2.96. The lowest BCUT2D eigenvalue weighted by Crippen LogP contribution is -2.59. The molecule has 0 aromatic heterocycles. The van der Waals surface area contributed by atoms with Gasteiger partial charge in [0, 0.05) is 19.4 Å². The molecule has 0 aliphatic carbocycles. The number of likely N-dealkylation sites (tertiary alicyclic amines) is 1. The average Bonchev–Trinajstić information content (AvgIpc) is 3.22. The SMILES string of the molecule is CC(O)C(NC(=O)C(N)CCC(=O)O)C(=O)NC(CCC(N)=O)C(=O)N1CCCC1C(=O)O. The molecule has 1 saturated heterocycles. The van der Waals surface area contributed by atoms with Crippen LogP contribution in [0.5, 0.6) is 0 Å². The smallest absolute Gasteiger partial charge is 0.326 e. The van der Waals surface area contributed by atoms with E-state index >= 15 is 0 Å². The molecule has 9 N–H and O–H groups in total. The molecule has 0 aromatic rings. The summed E-state index contributed by atoms with van der Waals surface area (Å²) in [4.78, 5) is 72.3. The van der Waals surface area contributed by atoms with Gasteiger partial charge in [-0.25, -0.2) is 4.79 Å². The summed E-state index contributed by atoms with van der Waals surface area (Å²) < 4.78 is 0. The van der Waals surface area contributed by atoms with Crippen LogP contribution in [-0.2, 0) is 28.8 Å².